The van der Waals surface area contributed by atoms with E-state index in [-0.39, 0.29) is 5.41 Å². The number of hydrogen-bond donors (Lipinski definition) is 0. The molecule has 8 heteroatoms. The van der Waals surface area contributed by atoms with Gasteiger partial charge in [0.05, 0.1) is 0 Å². The Hall–Kier alpha value is -3.86. The number of ether oxygens (including phenoxy) is 2. The van der Waals surface area contributed by atoms with Crippen LogP contribution < -0.4 is 9.47 Å². The predicted molar refractivity (Wildman–Crippen MR) is 95.6 cm³/mol. The maximum absolute atomic E-state index is 11.3. The zero-order valence-electron chi connectivity index (χ0n) is 14.7. The minimum Gasteiger partial charge on any atom is -0.418 e. The monoisotopic (exact) mass is 364 g/mol. The van der Waals surface area contributed by atoms with E-state index in [0.29, 0.717) is 23.9 Å². The highest BCUT2D eigenvalue weighted by Crippen LogP contribution is 2.33. The standard InChI is InChI=1S/C19H16N4O4/c1-19(2,13-3-7-15(8-4-13)26-17(24)11-22-20)14-5-9-16(10-6-14)27-18(25)12-23-21/h3-12H,1-2H3. The Morgan fingerprint density at radius 3 is 1.41 bits per heavy atom. The molecule has 0 atom stereocenters. The maximum Gasteiger partial charge on any atom is 0.419 e. The third-order valence-electron chi connectivity index (χ3n) is 3.92. The van der Waals surface area contributed by atoms with Crippen molar-refractivity contribution in [3.63, 3.8) is 0 Å². The van der Waals surface area contributed by atoms with E-state index in [1.807, 2.05) is 38.1 Å². The summed E-state index contributed by atoms with van der Waals surface area (Å²) in [5, 5.41) is 0. The molecule has 0 unspecified atom stereocenters. The average Bonchev–Trinajstić information content (AvgIpc) is 2.63. The van der Waals surface area contributed by atoms with Crippen LogP contribution in [0.25, 0.3) is 11.1 Å². The number of nitrogens with zero attached hydrogens (tertiary/aromatic N) is 4. The topological polar surface area (TPSA) is 125 Å². The highest BCUT2D eigenvalue weighted by Gasteiger charge is 2.23. The van der Waals surface area contributed by atoms with Gasteiger partial charge in [0, 0.05) is 5.41 Å². The van der Waals surface area contributed by atoms with Gasteiger partial charge in [0.15, 0.2) is 0 Å². The van der Waals surface area contributed by atoms with Gasteiger partial charge in [0.25, 0.3) is 0 Å². The molecule has 0 aromatic heterocycles. The molecule has 0 amide bonds. The molecule has 0 saturated carbocycles. The molecule has 2 aromatic carbocycles. The molecule has 0 spiro atoms. The van der Waals surface area contributed by atoms with Gasteiger partial charge in [0.2, 0.25) is 0 Å². The van der Waals surface area contributed by atoms with Crippen LogP contribution in [0, 0.1) is 0 Å². The van der Waals surface area contributed by atoms with E-state index in [0.717, 1.165) is 11.1 Å². The van der Waals surface area contributed by atoms with Crippen LogP contribution in [0.5, 0.6) is 11.5 Å². The van der Waals surface area contributed by atoms with Gasteiger partial charge < -0.3 is 20.5 Å². The number of carbonyl (C=O) groups excluding carboxylic acids is 2. The molecule has 136 valence electrons. The zero-order chi connectivity index (χ0) is 19.9. The molecule has 0 saturated heterocycles. The zero-order valence-corrected chi connectivity index (χ0v) is 14.7. The van der Waals surface area contributed by atoms with E-state index in [4.69, 9.17) is 20.5 Å². The molecular formula is C19H16N4O4. The fourth-order valence-electron chi connectivity index (χ4n) is 2.43. The van der Waals surface area contributed by atoms with Crippen molar-refractivity contribution in [2.24, 2.45) is 0 Å². The Bertz CT molecular complexity index is 859. The third kappa shape index (κ3) is 5.06. The summed E-state index contributed by atoms with van der Waals surface area (Å²) in [6.07, 6.45) is 1.33. The van der Waals surface area contributed by atoms with E-state index in [9.17, 15) is 9.59 Å². The lowest BCUT2D eigenvalue weighted by Crippen LogP contribution is -2.19. The molecule has 0 N–H and O–H groups in total. The summed E-state index contributed by atoms with van der Waals surface area (Å²) in [5.74, 6) is -0.902. The predicted octanol–water partition coefficient (Wildman–Crippen LogP) is 2.42. The SMILES string of the molecule is CC(C)(c1ccc(OC(=O)C=[N+]=[N-])cc1)c1ccc(OC(=O)C=[N+]=[N-])cc1. The molecule has 27 heavy (non-hydrogen) atoms. The number of benzene rings is 2. The second-order valence-corrected chi connectivity index (χ2v) is 6.01. The van der Waals surface area contributed by atoms with Gasteiger partial charge in [-0.15, -0.1) is 0 Å². The molecule has 0 aliphatic heterocycles. The van der Waals surface area contributed by atoms with Crippen LogP contribution in [0.15, 0.2) is 48.5 Å². The van der Waals surface area contributed by atoms with Crippen LogP contribution in [0.2, 0.25) is 0 Å². The first-order chi connectivity index (χ1) is 12.9. The van der Waals surface area contributed by atoms with E-state index in [2.05, 4.69) is 9.58 Å². The third-order valence-corrected chi connectivity index (χ3v) is 3.92. The van der Waals surface area contributed by atoms with E-state index in [1.165, 1.54) is 0 Å². The highest BCUT2D eigenvalue weighted by molar-refractivity contribution is 6.21. The fourth-order valence-corrected chi connectivity index (χ4v) is 2.43. The summed E-state index contributed by atoms with van der Waals surface area (Å²) in [7, 11) is 0. The van der Waals surface area contributed by atoms with Crippen molar-refractivity contribution in [2.75, 3.05) is 0 Å². The van der Waals surface area contributed by atoms with Crippen LogP contribution in [0.4, 0.5) is 0 Å². The minimum absolute atomic E-state index is 0.326. The summed E-state index contributed by atoms with van der Waals surface area (Å²) in [6.45, 7) is 4.04. The van der Waals surface area contributed by atoms with Crippen molar-refractivity contribution in [1.82, 2.24) is 0 Å². The second kappa shape index (κ2) is 8.49. The lowest BCUT2D eigenvalue weighted by molar-refractivity contribution is -0.131. The smallest absolute Gasteiger partial charge is 0.418 e. The molecule has 0 fully saturated rings. The molecule has 2 aromatic rings. The van der Waals surface area contributed by atoms with Gasteiger partial charge >= 0.3 is 24.4 Å². The van der Waals surface area contributed by atoms with Crippen molar-refractivity contribution in [3.05, 3.63) is 70.7 Å². The number of hydrogen-bond acceptors (Lipinski definition) is 4. The molecular weight excluding hydrogens is 348 g/mol. The largest absolute Gasteiger partial charge is 0.419 e. The van der Waals surface area contributed by atoms with E-state index in [1.54, 1.807) is 24.3 Å². The molecule has 0 aliphatic rings. The molecule has 8 nitrogen and oxygen atoms in total. The van der Waals surface area contributed by atoms with Crippen LogP contribution >= 0.6 is 0 Å². The molecule has 0 heterocycles. The first-order valence-electron chi connectivity index (χ1n) is 7.86. The van der Waals surface area contributed by atoms with Crippen molar-refractivity contribution in [2.45, 2.75) is 19.3 Å². The Morgan fingerprint density at radius 1 is 0.778 bits per heavy atom. The van der Waals surface area contributed by atoms with E-state index < -0.39 is 11.9 Å². The van der Waals surface area contributed by atoms with Crippen LogP contribution in [-0.2, 0) is 15.0 Å². The Kier molecular flexibility index (Phi) is 6.12. The maximum atomic E-state index is 11.3. The number of carbonyl (C=O) groups is 2. The first-order valence-corrected chi connectivity index (χ1v) is 7.86. The summed E-state index contributed by atoms with van der Waals surface area (Å²) < 4.78 is 9.95. The fraction of sp³-hybridized carbons (Fsp3) is 0.158. The van der Waals surface area contributed by atoms with Crippen molar-refractivity contribution in [1.29, 1.82) is 0 Å². The summed E-state index contributed by atoms with van der Waals surface area (Å²) in [5.41, 5.74) is 18.2. The average molecular weight is 364 g/mol. The van der Waals surface area contributed by atoms with Gasteiger partial charge in [-0.25, -0.2) is 9.59 Å². The van der Waals surface area contributed by atoms with Crippen LogP contribution in [0.3, 0.4) is 0 Å². The Morgan fingerprint density at radius 2 is 1.11 bits per heavy atom. The summed E-state index contributed by atoms with van der Waals surface area (Å²) in [6, 6.07) is 13.9. The summed E-state index contributed by atoms with van der Waals surface area (Å²) in [4.78, 5) is 27.8. The lowest BCUT2D eigenvalue weighted by Gasteiger charge is -2.26. The Balaban J connectivity index is 2.17. The first kappa shape index (κ1) is 19.5. The van der Waals surface area contributed by atoms with Crippen LogP contribution in [-0.4, -0.2) is 33.9 Å². The minimum atomic E-state index is -0.777. The van der Waals surface area contributed by atoms with Crippen molar-refractivity contribution in [3.8, 4) is 11.5 Å². The summed E-state index contributed by atoms with van der Waals surface area (Å²) >= 11 is 0. The normalized spacial score (nSPS) is 10.1. The number of rotatable bonds is 6. The van der Waals surface area contributed by atoms with Gasteiger partial charge in [-0.2, -0.15) is 9.58 Å². The molecule has 0 radical (unpaired) electrons. The molecule has 0 aliphatic carbocycles. The van der Waals surface area contributed by atoms with Crippen LogP contribution in [0.1, 0.15) is 25.0 Å². The molecule has 2 rings (SSSR count). The van der Waals surface area contributed by atoms with Crippen molar-refractivity contribution >= 4 is 24.4 Å². The quantitative estimate of drug-likeness (QED) is 0.256. The number of esters is 2. The van der Waals surface area contributed by atoms with E-state index >= 15 is 0 Å². The van der Waals surface area contributed by atoms with Crippen molar-refractivity contribution < 1.29 is 28.6 Å². The Labute approximate surface area is 155 Å². The molecule has 0 bridgehead atoms. The van der Waals surface area contributed by atoms with Gasteiger partial charge in [-0.1, -0.05) is 38.1 Å². The lowest BCUT2D eigenvalue weighted by atomic mass is 9.78. The van der Waals surface area contributed by atoms with Gasteiger partial charge in [-0.3, -0.25) is 0 Å². The van der Waals surface area contributed by atoms with Gasteiger partial charge in [0.1, 0.15) is 11.5 Å². The van der Waals surface area contributed by atoms with Gasteiger partial charge in [-0.05, 0) is 35.4 Å². The second-order valence-electron chi connectivity index (χ2n) is 6.01. The highest BCUT2D eigenvalue weighted by atomic mass is 16.5.